The third-order valence-electron chi connectivity index (χ3n) is 2.82. The van der Waals surface area contributed by atoms with Gasteiger partial charge in [-0.25, -0.2) is 4.79 Å². The Labute approximate surface area is 109 Å². The number of phenols is 1. The van der Waals surface area contributed by atoms with Gasteiger partial charge >= 0.3 is 5.63 Å². The monoisotopic (exact) mass is 264 g/mol. The lowest BCUT2D eigenvalue weighted by molar-refractivity contribution is 0.0173. The summed E-state index contributed by atoms with van der Waals surface area (Å²) in [5.74, 6) is -0.168. The Kier molecular flexibility index (Phi) is 3.34. The summed E-state index contributed by atoms with van der Waals surface area (Å²) in [6.45, 7) is 3.15. The topological polar surface area (TPSA) is 90.9 Å². The third-order valence-corrected chi connectivity index (χ3v) is 2.82. The molecule has 0 bridgehead atoms. The number of fused-ring (bicyclic) bond motifs is 1. The number of aliphatic hydroxyl groups is 2. The lowest BCUT2D eigenvalue weighted by atomic mass is 9.95. The number of hydrogen-bond donors (Lipinski definition) is 3. The first-order chi connectivity index (χ1) is 8.76. The smallest absolute Gasteiger partial charge is 0.336 e. The molecule has 0 aliphatic heterocycles. The summed E-state index contributed by atoms with van der Waals surface area (Å²) < 4.78 is 4.93. The zero-order valence-electron chi connectivity index (χ0n) is 10.8. The molecule has 0 spiro atoms. The van der Waals surface area contributed by atoms with Crippen LogP contribution in [0.5, 0.6) is 5.75 Å². The molecule has 1 aromatic carbocycles. The van der Waals surface area contributed by atoms with Crippen molar-refractivity contribution in [3.8, 4) is 5.75 Å². The molecule has 0 amide bonds. The van der Waals surface area contributed by atoms with Gasteiger partial charge in [0.15, 0.2) is 0 Å². The fourth-order valence-electron chi connectivity index (χ4n) is 1.97. The Bertz CT molecular complexity index is 651. The van der Waals surface area contributed by atoms with Crippen molar-refractivity contribution in [2.75, 3.05) is 0 Å². The van der Waals surface area contributed by atoms with E-state index in [9.17, 15) is 20.1 Å². The van der Waals surface area contributed by atoms with Crippen molar-refractivity contribution in [2.45, 2.75) is 32.0 Å². The first kappa shape index (κ1) is 13.6. The molecule has 0 radical (unpaired) electrons. The maximum Gasteiger partial charge on any atom is 0.336 e. The zero-order chi connectivity index (χ0) is 14.2. The quantitative estimate of drug-likeness (QED) is 0.734. The van der Waals surface area contributed by atoms with Crippen molar-refractivity contribution < 1.29 is 19.7 Å². The molecule has 0 aliphatic rings. The minimum Gasteiger partial charge on any atom is -0.507 e. The predicted molar refractivity (Wildman–Crippen MR) is 70.0 cm³/mol. The highest BCUT2D eigenvalue weighted by Gasteiger charge is 2.22. The summed E-state index contributed by atoms with van der Waals surface area (Å²) in [6.07, 6.45) is -0.917. The van der Waals surface area contributed by atoms with E-state index in [1.807, 2.05) is 0 Å². The van der Waals surface area contributed by atoms with Gasteiger partial charge in [-0.2, -0.15) is 0 Å². The molecule has 1 atom stereocenters. The molecule has 0 unspecified atom stereocenters. The highest BCUT2D eigenvalue weighted by Crippen LogP contribution is 2.33. The molecule has 0 fully saturated rings. The Morgan fingerprint density at radius 2 is 2.00 bits per heavy atom. The van der Waals surface area contributed by atoms with Crippen LogP contribution in [0.25, 0.3) is 11.0 Å². The van der Waals surface area contributed by atoms with E-state index in [-0.39, 0.29) is 17.8 Å². The standard InChI is InChI=1S/C14H16O5/c1-14(2,18)7-11(16)9-5-8-3-4-13(17)19-12(8)6-10(9)15/h3-6,11,15-16,18H,7H2,1-2H3/t11-/m1/s1. The Hall–Kier alpha value is -1.85. The molecular weight excluding hydrogens is 248 g/mol. The molecule has 19 heavy (non-hydrogen) atoms. The summed E-state index contributed by atoms with van der Waals surface area (Å²) >= 11 is 0. The zero-order valence-corrected chi connectivity index (χ0v) is 10.8. The first-order valence-corrected chi connectivity index (χ1v) is 5.93. The van der Waals surface area contributed by atoms with Gasteiger partial charge in [-0.3, -0.25) is 0 Å². The summed E-state index contributed by atoms with van der Waals surface area (Å²) in [5.41, 5.74) is -1.01. The average Bonchev–Trinajstić information content (AvgIpc) is 2.25. The minimum atomic E-state index is -1.05. The molecule has 0 saturated heterocycles. The number of phenolic OH excluding ortho intramolecular Hbond substituents is 1. The van der Waals surface area contributed by atoms with Gasteiger partial charge in [0, 0.05) is 29.5 Å². The molecule has 1 heterocycles. The Morgan fingerprint density at radius 1 is 1.32 bits per heavy atom. The van der Waals surface area contributed by atoms with Crippen molar-refractivity contribution in [1.82, 2.24) is 0 Å². The molecule has 3 N–H and O–H groups in total. The van der Waals surface area contributed by atoms with Crippen LogP contribution >= 0.6 is 0 Å². The van der Waals surface area contributed by atoms with Crippen molar-refractivity contribution in [2.24, 2.45) is 0 Å². The van der Waals surface area contributed by atoms with Gasteiger partial charge in [-0.15, -0.1) is 0 Å². The van der Waals surface area contributed by atoms with E-state index >= 15 is 0 Å². The van der Waals surface area contributed by atoms with Crippen LogP contribution in [-0.4, -0.2) is 20.9 Å². The fraction of sp³-hybridized carbons (Fsp3) is 0.357. The van der Waals surface area contributed by atoms with E-state index in [1.54, 1.807) is 26.0 Å². The molecule has 2 rings (SSSR count). The maximum atomic E-state index is 11.1. The van der Waals surface area contributed by atoms with Gasteiger partial charge in [-0.05, 0) is 26.0 Å². The van der Waals surface area contributed by atoms with Gasteiger partial charge in [0.1, 0.15) is 11.3 Å². The number of benzene rings is 1. The van der Waals surface area contributed by atoms with E-state index in [4.69, 9.17) is 4.42 Å². The summed E-state index contributed by atoms with van der Waals surface area (Å²) in [4.78, 5) is 11.1. The van der Waals surface area contributed by atoms with Crippen molar-refractivity contribution in [3.05, 3.63) is 40.2 Å². The van der Waals surface area contributed by atoms with Gasteiger partial charge in [0.05, 0.1) is 11.7 Å². The van der Waals surface area contributed by atoms with Crippen molar-refractivity contribution in [3.63, 3.8) is 0 Å². The second kappa shape index (κ2) is 4.68. The molecule has 0 saturated carbocycles. The Morgan fingerprint density at radius 3 is 2.63 bits per heavy atom. The number of aromatic hydroxyl groups is 1. The van der Waals surface area contributed by atoms with Crippen molar-refractivity contribution in [1.29, 1.82) is 0 Å². The lowest BCUT2D eigenvalue weighted by Crippen LogP contribution is -2.22. The average molecular weight is 264 g/mol. The van der Waals surface area contributed by atoms with Crippen LogP contribution in [0.4, 0.5) is 0 Å². The highest BCUT2D eigenvalue weighted by molar-refractivity contribution is 5.79. The molecule has 0 aliphatic carbocycles. The van der Waals surface area contributed by atoms with E-state index in [2.05, 4.69) is 0 Å². The van der Waals surface area contributed by atoms with Gasteiger partial charge < -0.3 is 19.7 Å². The maximum absolute atomic E-state index is 11.1. The van der Waals surface area contributed by atoms with Crippen molar-refractivity contribution >= 4 is 11.0 Å². The number of hydrogen-bond acceptors (Lipinski definition) is 5. The first-order valence-electron chi connectivity index (χ1n) is 5.93. The summed E-state index contributed by atoms with van der Waals surface area (Å²) in [5, 5.41) is 30.2. The van der Waals surface area contributed by atoms with Crippen LogP contribution in [-0.2, 0) is 0 Å². The molecule has 5 heteroatoms. The van der Waals surface area contributed by atoms with Gasteiger partial charge in [0.2, 0.25) is 0 Å². The molecule has 102 valence electrons. The SMILES string of the molecule is CC(C)(O)C[C@@H](O)c1cc2ccc(=O)oc2cc1O. The predicted octanol–water partition coefficient (Wildman–Crippen LogP) is 1.69. The largest absolute Gasteiger partial charge is 0.507 e. The molecule has 2 aromatic rings. The van der Waals surface area contributed by atoms with E-state index in [1.165, 1.54) is 12.1 Å². The van der Waals surface area contributed by atoms with Crippen LogP contribution in [0, 0.1) is 0 Å². The normalized spacial score (nSPS) is 13.7. The van der Waals surface area contributed by atoms with Crippen LogP contribution in [0.1, 0.15) is 31.9 Å². The molecule has 5 nitrogen and oxygen atoms in total. The number of rotatable bonds is 3. The highest BCUT2D eigenvalue weighted by atomic mass is 16.4. The lowest BCUT2D eigenvalue weighted by Gasteiger charge is -2.22. The third kappa shape index (κ3) is 3.13. The fourth-order valence-corrected chi connectivity index (χ4v) is 1.97. The van der Waals surface area contributed by atoms with Crippen LogP contribution in [0.3, 0.4) is 0 Å². The van der Waals surface area contributed by atoms with E-state index in [0.29, 0.717) is 10.9 Å². The Balaban J connectivity index is 2.47. The number of aliphatic hydroxyl groups excluding tert-OH is 1. The second-order valence-corrected chi connectivity index (χ2v) is 5.24. The summed E-state index contributed by atoms with van der Waals surface area (Å²) in [7, 11) is 0. The van der Waals surface area contributed by atoms with Gasteiger partial charge in [-0.1, -0.05) is 0 Å². The minimum absolute atomic E-state index is 0.0862. The van der Waals surface area contributed by atoms with E-state index in [0.717, 1.165) is 0 Å². The van der Waals surface area contributed by atoms with Crippen LogP contribution in [0.15, 0.2) is 33.5 Å². The van der Waals surface area contributed by atoms with Gasteiger partial charge in [0.25, 0.3) is 0 Å². The molecular formula is C14H16O5. The van der Waals surface area contributed by atoms with Crippen LogP contribution in [0.2, 0.25) is 0 Å². The molecule has 1 aromatic heterocycles. The summed E-state index contributed by atoms with van der Waals surface area (Å²) in [6, 6.07) is 5.66. The second-order valence-electron chi connectivity index (χ2n) is 5.24. The van der Waals surface area contributed by atoms with E-state index < -0.39 is 17.3 Å². The van der Waals surface area contributed by atoms with Crippen LogP contribution < -0.4 is 5.63 Å².